The number of aliphatic hydroxyl groups is 1. The van der Waals surface area contributed by atoms with Gasteiger partial charge in [-0.2, -0.15) is 0 Å². The van der Waals surface area contributed by atoms with E-state index in [0.29, 0.717) is 0 Å². The van der Waals surface area contributed by atoms with Gasteiger partial charge in [-0.3, -0.25) is 0 Å². The molecule has 1 unspecified atom stereocenters. The van der Waals surface area contributed by atoms with Crippen LogP contribution in [0.2, 0.25) is 0 Å². The predicted molar refractivity (Wildman–Crippen MR) is 47.3 cm³/mol. The largest absolute Gasteiger partial charge is 1.00 e. The van der Waals surface area contributed by atoms with Crippen molar-refractivity contribution in [2.75, 3.05) is 0 Å². The van der Waals surface area contributed by atoms with Crippen molar-refractivity contribution in [1.29, 1.82) is 0 Å². The molecule has 1 N–H and O–H groups in total. The zero-order chi connectivity index (χ0) is 8.36. The number of carbonyl (C=O) groups is 1. The van der Waals surface area contributed by atoms with Crippen molar-refractivity contribution >= 4 is 51.1 Å². The van der Waals surface area contributed by atoms with Crippen molar-refractivity contribution in [3.05, 3.63) is 0 Å². The molecule has 0 radical (unpaired) electrons. The fourth-order valence-corrected chi connectivity index (χ4v) is 0.511. The van der Waals surface area contributed by atoms with E-state index in [2.05, 4.69) is 4.18 Å². The van der Waals surface area contributed by atoms with E-state index in [0.717, 1.165) is 6.92 Å². The van der Waals surface area contributed by atoms with Gasteiger partial charge in [0.1, 0.15) is 6.10 Å². The van der Waals surface area contributed by atoms with Gasteiger partial charge in [-0.15, -0.1) is 0 Å². The molecule has 0 amide bonds. The Morgan fingerprint density at radius 2 is 1.77 bits per heavy atom. The van der Waals surface area contributed by atoms with Crippen LogP contribution in [0.1, 0.15) is 6.92 Å². The molecule has 6 nitrogen and oxygen atoms in total. The van der Waals surface area contributed by atoms with E-state index in [-0.39, 0.29) is 86.1 Å². The molecule has 0 aliphatic rings. The standard InChI is InChI=1S/C3H6O6S.2Al.K.6H/c1-2(4)3(5)9-10(6,7)8;;;;;;;;;/h2,4H,1H3,(H,6,7,8);;;;;;;;;/q;;;+1;;;;;;/p-1. The van der Waals surface area contributed by atoms with Crippen LogP contribution >= 0.6 is 0 Å². The van der Waals surface area contributed by atoms with Gasteiger partial charge in [-0.25, -0.2) is 13.2 Å². The normalized spacial score (nSPS) is 11.0. The molecule has 10 heteroatoms. The Morgan fingerprint density at radius 3 is 1.85 bits per heavy atom. The van der Waals surface area contributed by atoms with E-state index in [4.69, 9.17) is 5.11 Å². The predicted octanol–water partition coefficient (Wildman–Crippen LogP) is -6.99. The molecule has 0 saturated heterocycles. The van der Waals surface area contributed by atoms with Crippen LogP contribution in [0.3, 0.4) is 0 Å². The van der Waals surface area contributed by atoms with Crippen LogP contribution in [0, 0.1) is 0 Å². The summed E-state index contributed by atoms with van der Waals surface area (Å²) < 4.78 is 32.1. The molecule has 0 bridgehead atoms. The molecule has 13 heavy (non-hydrogen) atoms. The minimum atomic E-state index is -5.03. The summed E-state index contributed by atoms with van der Waals surface area (Å²) in [4.78, 5) is 10.1. The summed E-state index contributed by atoms with van der Waals surface area (Å²) in [6.07, 6.45) is -1.61. The van der Waals surface area contributed by atoms with Gasteiger partial charge in [0, 0.05) is 0 Å². The van der Waals surface area contributed by atoms with Crippen LogP contribution in [-0.2, 0) is 19.4 Å². The quantitative estimate of drug-likeness (QED) is 0.303. The first kappa shape index (κ1) is 24.3. The van der Waals surface area contributed by atoms with E-state index in [9.17, 15) is 17.8 Å². The van der Waals surface area contributed by atoms with Gasteiger partial charge in [0.2, 0.25) is 0 Å². The molecule has 0 saturated carbocycles. The van der Waals surface area contributed by atoms with Crippen LogP contribution in [0.5, 0.6) is 0 Å². The fraction of sp³-hybridized carbons (Fsp3) is 0.667. The fourth-order valence-electron chi connectivity index (χ4n) is 0.170. The molecule has 0 aromatic rings. The van der Waals surface area contributed by atoms with Crippen LogP contribution in [-0.4, -0.2) is 64.9 Å². The Hall–Kier alpha value is 2.04. The Balaban J connectivity index is -0.000000135. The molecule has 0 spiro atoms. The van der Waals surface area contributed by atoms with Crippen molar-refractivity contribution in [3.8, 4) is 0 Å². The number of rotatable bonds is 2. The average Bonchev–Trinajstić information content (AvgIpc) is 1.60. The molecule has 0 aliphatic carbocycles. The minimum absolute atomic E-state index is 0. The summed E-state index contributed by atoms with van der Waals surface area (Å²) in [6, 6.07) is 0. The molecule has 0 aliphatic heterocycles. The number of aliphatic hydroxyl groups excluding tert-OH is 1. The molecule has 0 fully saturated rings. The second-order valence-electron chi connectivity index (χ2n) is 1.49. The van der Waals surface area contributed by atoms with Gasteiger partial charge in [-0.1, -0.05) is 0 Å². The molecule has 1 atom stereocenters. The second-order valence-corrected chi connectivity index (χ2v) is 2.47. The van der Waals surface area contributed by atoms with E-state index >= 15 is 0 Å². The van der Waals surface area contributed by atoms with Gasteiger partial charge in [-0.05, 0) is 6.92 Å². The van der Waals surface area contributed by atoms with Gasteiger partial charge in [0.05, 0.1) is 0 Å². The van der Waals surface area contributed by atoms with Crippen molar-refractivity contribution in [2.45, 2.75) is 13.0 Å². The minimum Gasteiger partial charge on any atom is -0.716 e. The zero-order valence-corrected chi connectivity index (χ0v) is 9.91. The third kappa shape index (κ3) is 16.7. The van der Waals surface area contributed by atoms with E-state index < -0.39 is 22.5 Å². The second kappa shape index (κ2) is 10.6. The summed E-state index contributed by atoms with van der Waals surface area (Å²) in [6.45, 7) is 0.980. The van der Waals surface area contributed by atoms with Crippen LogP contribution < -0.4 is 51.4 Å². The average molecular weight is 268 g/mol. The molecule has 0 aromatic heterocycles. The molecular formula is C3H11Al2KO6S. The molecular weight excluding hydrogens is 257 g/mol. The van der Waals surface area contributed by atoms with Gasteiger partial charge < -0.3 is 13.8 Å². The first-order valence-electron chi connectivity index (χ1n) is 2.20. The van der Waals surface area contributed by atoms with E-state index in [1.807, 2.05) is 0 Å². The topological polar surface area (TPSA) is 104 Å². The van der Waals surface area contributed by atoms with Crippen LogP contribution in [0.4, 0.5) is 0 Å². The first-order chi connectivity index (χ1) is 4.33. The van der Waals surface area contributed by atoms with E-state index in [1.165, 1.54) is 0 Å². The third-order valence-corrected chi connectivity index (χ3v) is 0.894. The Labute approximate surface area is 140 Å². The maximum Gasteiger partial charge on any atom is 1.00 e. The summed E-state index contributed by atoms with van der Waals surface area (Å²) >= 11 is 0. The Bertz CT molecular complexity index is 226. The maximum absolute atomic E-state index is 10.1. The van der Waals surface area contributed by atoms with Gasteiger partial charge >= 0.3 is 57.4 Å². The van der Waals surface area contributed by atoms with Crippen molar-refractivity contribution < 1.29 is 78.4 Å². The van der Waals surface area contributed by atoms with Crippen molar-refractivity contribution in [2.24, 2.45) is 0 Å². The Kier molecular flexibility index (Phi) is 19.8. The third-order valence-electron chi connectivity index (χ3n) is 0.525. The summed E-state index contributed by atoms with van der Waals surface area (Å²) in [7, 11) is -5.03. The van der Waals surface area contributed by atoms with Crippen molar-refractivity contribution in [3.63, 3.8) is 0 Å². The summed E-state index contributed by atoms with van der Waals surface area (Å²) in [5.74, 6) is -1.48. The first-order valence-corrected chi connectivity index (χ1v) is 3.53. The zero-order valence-electron chi connectivity index (χ0n) is 5.97. The monoisotopic (exact) mass is 268 g/mol. The van der Waals surface area contributed by atoms with E-state index in [1.54, 1.807) is 0 Å². The number of hydrogen-bond donors (Lipinski definition) is 1. The van der Waals surface area contributed by atoms with Crippen molar-refractivity contribution in [1.82, 2.24) is 0 Å². The van der Waals surface area contributed by atoms with Gasteiger partial charge in [0.25, 0.3) is 10.4 Å². The van der Waals surface area contributed by atoms with Crippen LogP contribution in [0.15, 0.2) is 0 Å². The summed E-state index contributed by atoms with van der Waals surface area (Å²) in [5.41, 5.74) is 0. The summed E-state index contributed by atoms with van der Waals surface area (Å²) in [5, 5.41) is 8.31. The maximum atomic E-state index is 10.1. The van der Waals surface area contributed by atoms with Gasteiger partial charge in [0.15, 0.2) is 34.7 Å². The Morgan fingerprint density at radius 1 is 1.46 bits per heavy atom. The smallest absolute Gasteiger partial charge is 0.716 e. The number of carbonyl (C=O) groups excluding carboxylic acids is 1. The van der Waals surface area contributed by atoms with Crippen LogP contribution in [0.25, 0.3) is 0 Å². The number of hydrogen-bond acceptors (Lipinski definition) is 6. The molecule has 0 aromatic carbocycles. The SMILES string of the molecule is CC(O)C(=O)OS(=O)(=O)[O-].[AlH3].[AlH3].[K+]. The molecule has 72 valence electrons. The molecule has 0 heterocycles. The molecule has 0 rings (SSSR count).